The molecule has 0 fully saturated rings. The Labute approximate surface area is 90.2 Å². The molecule has 0 heterocycles. The summed E-state index contributed by atoms with van der Waals surface area (Å²) >= 11 is 9.17. The van der Waals surface area contributed by atoms with Gasteiger partial charge in [-0.15, -0.1) is 0 Å². The van der Waals surface area contributed by atoms with E-state index in [1.807, 2.05) is 13.0 Å². The van der Waals surface area contributed by atoms with E-state index in [1.54, 1.807) is 12.1 Å². The largest absolute Gasteiger partial charge is 0.366 e. The van der Waals surface area contributed by atoms with Crippen molar-refractivity contribution in [3.05, 3.63) is 34.3 Å². The number of carbonyl (C=O) groups is 1. The first-order chi connectivity index (χ1) is 6.02. The van der Waals surface area contributed by atoms with Gasteiger partial charge in [0.2, 0.25) is 5.91 Å². The fourth-order valence-electron chi connectivity index (χ4n) is 0.979. The molecular formula is C9H9BrClNO. The summed E-state index contributed by atoms with van der Waals surface area (Å²) < 4.78 is 0. The molecule has 0 radical (unpaired) electrons. The molecular weight excluding hydrogens is 253 g/mol. The molecule has 0 aliphatic rings. The number of rotatable bonds is 2. The second-order valence-electron chi connectivity index (χ2n) is 2.72. The highest BCUT2D eigenvalue weighted by molar-refractivity contribution is 9.09. The van der Waals surface area contributed by atoms with Crippen molar-refractivity contribution < 1.29 is 4.79 Å². The molecule has 0 aromatic heterocycles. The zero-order valence-corrected chi connectivity index (χ0v) is 9.39. The maximum absolute atomic E-state index is 10.9. The lowest BCUT2D eigenvalue weighted by molar-refractivity contribution is 0.100. The number of primary amides is 1. The summed E-state index contributed by atoms with van der Waals surface area (Å²) in [6.07, 6.45) is 0. The minimum atomic E-state index is -0.500. The molecule has 2 N–H and O–H groups in total. The van der Waals surface area contributed by atoms with Crippen LogP contribution < -0.4 is 5.73 Å². The lowest BCUT2D eigenvalue weighted by atomic mass is 10.1. The number of halogens is 2. The van der Waals surface area contributed by atoms with E-state index in [-0.39, 0.29) is 4.83 Å². The molecule has 4 heteroatoms. The highest BCUT2D eigenvalue weighted by Crippen LogP contribution is 2.25. The molecule has 0 bridgehead atoms. The molecule has 0 aliphatic heterocycles. The number of amides is 1. The topological polar surface area (TPSA) is 43.1 Å². The number of alkyl halides is 1. The number of carbonyl (C=O) groups excluding carboxylic acids is 1. The van der Waals surface area contributed by atoms with Gasteiger partial charge in [0.25, 0.3) is 0 Å². The fourth-order valence-corrected chi connectivity index (χ4v) is 1.47. The first-order valence-electron chi connectivity index (χ1n) is 3.75. The van der Waals surface area contributed by atoms with Crippen LogP contribution >= 0.6 is 27.5 Å². The molecule has 1 amide bonds. The van der Waals surface area contributed by atoms with Crippen LogP contribution in [-0.4, -0.2) is 5.91 Å². The lowest BCUT2D eigenvalue weighted by Crippen LogP contribution is -2.11. The molecule has 1 unspecified atom stereocenters. The van der Waals surface area contributed by atoms with Gasteiger partial charge in [0.1, 0.15) is 0 Å². The van der Waals surface area contributed by atoms with Crippen molar-refractivity contribution in [3.8, 4) is 0 Å². The molecule has 0 aliphatic carbocycles. The number of hydrogen-bond acceptors (Lipinski definition) is 1. The smallest absolute Gasteiger partial charge is 0.250 e. The van der Waals surface area contributed by atoms with Crippen molar-refractivity contribution in [1.82, 2.24) is 0 Å². The quantitative estimate of drug-likeness (QED) is 0.818. The average molecular weight is 263 g/mol. The molecule has 0 saturated heterocycles. The van der Waals surface area contributed by atoms with Crippen LogP contribution in [-0.2, 0) is 0 Å². The van der Waals surface area contributed by atoms with E-state index in [2.05, 4.69) is 15.9 Å². The van der Waals surface area contributed by atoms with E-state index >= 15 is 0 Å². The maximum atomic E-state index is 10.9. The Morgan fingerprint density at radius 1 is 1.62 bits per heavy atom. The first kappa shape index (κ1) is 10.5. The highest BCUT2D eigenvalue weighted by atomic mass is 79.9. The van der Waals surface area contributed by atoms with Crippen LogP contribution in [0, 0.1) is 0 Å². The van der Waals surface area contributed by atoms with Crippen molar-refractivity contribution in [2.75, 3.05) is 0 Å². The van der Waals surface area contributed by atoms with Gasteiger partial charge in [-0.1, -0.05) is 33.6 Å². The van der Waals surface area contributed by atoms with E-state index in [0.717, 1.165) is 5.56 Å². The fraction of sp³-hybridized carbons (Fsp3) is 0.222. The van der Waals surface area contributed by atoms with Crippen molar-refractivity contribution in [1.29, 1.82) is 0 Å². The van der Waals surface area contributed by atoms with E-state index in [9.17, 15) is 4.79 Å². The molecule has 1 atom stereocenters. The number of benzene rings is 1. The van der Waals surface area contributed by atoms with Gasteiger partial charge in [0.05, 0.1) is 10.6 Å². The Morgan fingerprint density at radius 2 is 2.23 bits per heavy atom. The summed E-state index contributed by atoms with van der Waals surface area (Å²) in [5.41, 5.74) is 6.50. The van der Waals surface area contributed by atoms with Crippen LogP contribution in [0.4, 0.5) is 0 Å². The standard InChI is InChI=1S/C9H9BrClNO/c1-5(10)6-2-3-8(11)7(4-6)9(12)13/h2-5H,1H3,(H2,12,13). The van der Waals surface area contributed by atoms with E-state index in [1.165, 1.54) is 0 Å². The van der Waals surface area contributed by atoms with Crippen LogP contribution in [0.5, 0.6) is 0 Å². The number of nitrogens with two attached hydrogens (primary N) is 1. The van der Waals surface area contributed by atoms with E-state index < -0.39 is 5.91 Å². The molecule has 13 heavy (non-hydrogen) atoms. The van der Waals surface area contributed by atoms with Gasteiger partial charge in [-0.05, 0) is 24.6 Å². The van der Waals surface area contributed by atoms with Crippen LogP contribution in [0.2, 0.25) is 5.02 Å². The zero-order chi connectivity index (χ0) is 10.0. The van der Waals surface area contributed by atoms with E-state index in [0.29, 0.717) is 10.6 Å². The Balaban J connectivity index is 3.19. The Morgan fingerprint density at radius 3 is 2.69 bits per heavy atom. The lowest BCUT2D eigenvalue weighted by Gasteiger charge is -2.06. The van der Waals surface area contributed by atoms with Crippen LogP contribution in [0.15, 0.2) is 18.2 Å². The monoisotopic (exact) mass is 261 g/mol. The third-order valence-corrected chi connectivity index (χ3v) is 2.57. The molecule has 0 saturated carbocycles. The van der Waals surface area contributed by atoms with Crippen LogP contribution in [0.25, 0.3) is 0 Å². The Hall–Kier alpha value is -0.540. The normalized spacial score (nSPS) is 12.5. The van der Waals surface area contributed by atoms with Crippen LogP contribution in [0.1, 0.15) is 27.7 Å². The molecule has 2 nitrogen and oxygen atoms in total. The molecule has 0 spiro atoms. The van der Waals surface area contributed by atoms with Crippen molar-refractivity contribution in [2.45, 2.75) is 11.8 Å². The first-order valence-corrected chi connectivity index (χ1v) is 5.05. The van der Waals surface area contributed by atoms with Gasteiger partial charge in [0, 0.05) is 4.83 Å². The Kier molecular flexibility index (Phi) is 3.33. The highest BCUT2D eigenvalue weighted by Gasteiger charge is 2.09. The zero-order valence-electron chi connectivity index (χ0n) is 7.05. The van der Waals surface area contributed by atoms with Gasteiger partial charge in [-0.2, -0.15) is 0 Å². The van der Waals surface area contributed by atoms with Crippen molar-refractivity contribution >= 4 is 33.4 Å². The van der Waals surface area contributed by atoms with Crippen molar-refractivity contribution in [3.63, 3.8) is 0 Å². The summed E-state index contributed by atoms with van der Waals surface area (Å²) in [5.74, 6) is -0.500. The maximum Gasteiger partial charge on any atom is 0.250 e. The summed E-state index contributed by atoms with van der Waals surface area (Å²) in [5, 5.41) is 0.393. The predicted molar refractivity (Wildman–Crippen MR) is 57.3 cm³/mol. The summed E-state index contributed by atoms with van der Waals surface area (Å²) in [7, 11) is 0. The predicted octanol–water partition coefficient (Wildman–Crippen LogP) is 2.89. The van der Waals surface area contributed by atoms with Gasteiger partial charge in [0.15, 0.2) is 0 Å². The van der Waals surface area contributed by atoms with Gasteiger partial charge in [-0.3, -0.25) is 4.79 Å². The molecule has 1 rings (SSSR count). The third-order valence-electron chi connectivity index (χ3n) is 1.72. The minimum absolute atomic E-state index is 0.183. The van der Waals surface area contributed by atoms with Gasteiger partial charge >= 0.3 is 0 Å². The molecule has 1 aromatic carbocycles. The second kappa shape index (κ2) is 4.11. The summed E-state index contributed by atoms with van der Waals surface area (Å²) in [6.45, 7) is 1.97. The summed E-state index contributed by atoms with van der Waals surface area (Å²) in [4.78, 5) is 11.1. The third kappa shape index (κ3) is 2.45. The number of hydrogen-bond donors (Lipinski definition) is 1. The van der Waals surface area contributed by atoms with Crippen molar-refractivity contribution in [2.24, 2.45) is 5.73 Å². The average Bonchev–Trinajstić information content (AvgIpc) is 2.04. The molecule has 70 valence electrons. The summed E-state index contributed by atoms with van der Waals surface area (Å²) in [6, 6.07) is 5.23. The minimum Gasteiger partial charge on any atom is -0.366 e. The second-order valence-corrected chi connectivity index (χ2v) is 4.50. The van der Waals surface area contributed by atoms with Gasteiger partial charge in [-0.25, -0.2) is 0 Å². The van der Waals surface area contributed by atoms with Crippen LogP contribution in [0.3, 0.4) is 0 Å². The SMILES string of the molecule is CC(Br)c1ccc(Cl)c(C(N)=O)c1. The van der Waals surface area contributed by atoms with Gasteiger partial charge < -0.3 is 5.73 Å². The molecule has 1 aromatic rings. The van der Waals surface area contributed by atoms with E-state index in [4.69, 9.17) is 17.3 Å². The Bertz CT molecular complexity index is 338.